The predicted octanol–water partition coefficient (Wildman–Crippen LogP) is 2.21. The minimum atomic E-state index is -0.168. The monoisotopic (exact) mass is 215 g/mol. The molecule has 2 atom stereocenters. The van der Waals surface area contributed by atoms with Gasteiger partial charge in [0, 0.05) is 0 Å². The number of rotatable bonds is 5. The lowest BCUT2D eigenvalue weighted by atomic mass is 9.82. The zero-order chi connectivity index (χ0) is 12.1. The molecule has 3 heteroatoms. The van der Waals surface area contributed by atoms with Crippen molar-refractivity contribution in [1.29, 1.82) is 0 Å². The van der Waals surface area contributed by atoms with Crippen LogP contribution in [-0.2, 0) is 9.53 Å². The van der Waals surface area contributed by atoms with Crippen molar-refractivity contribution in [2.24, 2.45) is 11.3 Å². The van der Waals surface area contributed by atoms with Crippen LogP contribution in [0.2, 0.25) is 0 Å². The fraction of sp³-hybridized carbons (Fsp3) is 0.917. The standard InChI is InChI=1S/C12H25NO2/c1-7-10(11(14)15-6)13-8-9(2)12(3,4)5/h9-10,13H,7-8H2,1-6H3. The summed E-state index contributed by atoms with van der Waals surface area (Å²) >= 11 is 0. The Morgan fingerprint density at radius 2 is 1.93 bits per heavy atom. The summed E-state index contributed by atoms with van der Waals surface area (Å²) in [6, 6.07) is -0.167. The molecule has 0 aromatic carbocycles. The van der Waals surface area contributed by atoms with Gasteiger partial charge in [-0.25, -0.2) is 0 Å². The highest BCUT2D eigenvalue weighted by molar-refractivity contribution is 5.75. The lowest BCUT2D eigenvalue weighted by Crippen LogP contribution is -2.41. The molecule has 90 valence electrons. The van der Waals surface area contributed by atoms with Gasteiger partial charge in [0.25, 0.3) is 0 Å². The number of ether oxygens (including phenoxy) is 1. The summed E-state index contributed by atoms with van der Waals surface area (Å²) in [6.45, 7) is 11.6. The first-order valence-electron chi connectivity index (χ1n) is 5.64. The molecule has 0 aliphatic heterocycles. The molecule has 0 bridgehead atoms. The van der Waals surface area contributed by atoms with Crippen LogP contribution in [0.4, 0.5) is 0 Å². The highest BCUT2D eigenvalue weighted by Gasteiger charge is 2.22. The van der Waals surface area contributed by atoms with Crippen molar-refractivity contribution in [2.45, 2.75) is 47.1 Å². The maximum absolute atomic E-state index is 11.3. The summed E-state index contributed by atoms with van der Waals surface area (Å²) in [6.07, 6.45) is 0.767. The van der Waals surface area contributed by atoms with Gasteiger partial charge in [-0.15, -0.1) is 0 Å². The Kier molecular flexibility index (Phi) is 5.88. The van der Waals surface area contributed by atoms with Gasteiger partial charge in [-0.3, -0.25) is 4.79 Å². The second kappa shape index (κ2) is 6.11. The van der Waals surface area contributed by atoms with Crippen molar-refractivity contribution >= 4 is 5.97 Å². The molecule has 3 nitrogen and oxygen atoms in total. The van der Waals surface area contributed by atoms with Crippen molar-refractivity contribution in [3.8, 4) is 0 Å². The molecule has 0 saturated carbocycles. The Balaban J connectivity index is 4.07. The Morgan fingerprint density at radius 1 is 1.40 bits per heavy atom. The molecule has 0 aliphatic carbocycles. The number of nitrogens with one attached hydrogen (secondary N) is 1. The number of hydrogen-bond donors (Lipinski definition) is 1. The van der Waals surface area contributed by atoms with E-state index in [-0.39, 0.29) is 17.4 Å². The summed E-state index contributed by atoms with van der Waals surface area (Å²) in [5.41, 5.74) is 0.265. The topological polar surface area (TPSA) is 38.3 Å². The van der Waals surface area contributed by atoms with E-state index in [1.807, 2.05) is 6.92 Å². The van der Waals surface area contributed by atoms with E-state index in [0.29, 0.717) is 5.92 Å². The third-order valence-electron chi connectivity index (χ3n) is 3.04. The van der Waals surface area contributed by atoms with Gasteiger partial charge in [0.15, 0.2) is 0 Å². The number of esters is 1. The van der Waals surface area contributed by atoms with E-state index in [4.69, 9.17) is 4.74 Å². The molecule has 0 rings (SSSR count). The number of hydrogen-bond acceptors (Lipinski definition) is 3. The van der Waals surface area contributed by atoms with Gasteiger partial charge in [-0.1, -0.05) is 34.6 Å². The normalized spacial score (nSPS) is 15.9. The zero-order valence-corrected chi connectivity index (χ0v) is 10.9. The quantitative estimate of drug-likeness (QED) is 0.715. The molecule has 0 aromatic heterocycles. The summed E-state index contributed by atoms with van der Waals surface area (Å²) in [5, 5.41) is 3.25. The van der Waals surface area contributed by atoms with Gasteiger partial charge in [0.2, 0.25) is 0 Å². The number of carbonyl (C=O) groups excluding carboxylic acids is 1. The smallest absolute Gasteiger partial charge is 0.322 e. The van der Waals surface area contributed by atoms with Crippen LogP contribution < -0.4 is 5.32 Å². The fourth-order valence-corrected chi connectivity index (χ4v) is 1.16. The molecule has 0 heterocycles. The van der Waals surface area contributed by atoms with Crippen molar-refractivity contribution in [2.75, 3.05) is 13.7 Å². The van der Waals surface area contributed by atoms with Gasteiger partial charge in [0.05, 0.1) is 7.11 Å². The van der Waals surface area contributed by atoms with Gasteiger partial charge in [-0.05, 0) is 24.3 Å². The van der Waals surface area contributed by atoms with E-state index in [0.717, 1.165) is 13.0 Å². The Bertz CT molecular complexity index is 196. The predicted molar refractivity (Wildman–Crippen MR) is 62.7 cm³/mol. The second-order valence-corrected chi connectivity index (χ2v) is 5.16. The van der Waals surface area contributed by atoms with Crippen LogP contribution in [0.5, 0.6) is 0 Å². The number of methoxy groups -OCH3 is 1. The molecule has 2 unspecified atom stereocenters. The Hall–Kier alpha value is -0.570. The molecule has 0 saturated heterocycles. The molecular formula is C12H25NO2. The summed E-state index contributed by atoms with van der Waals surface area (Å²) in [7, 11) is 1.43. The fourth-order valence-electron chi connectivity index (χ4n) is 1.16. The second-order valence-electron chi connectivity index (χ2n) is 5.16. The van der Waals surface area contributed by atoms with Gasteiger partial charge in [-0.2, -0.15) is 0 Å². The lowest BCUT2D eigenvalue weighted by molar-refractivity contribution is -0.143. The largest absolute Gasteiger partial charge is 0.468 e. The molecule has 15 heavy (non-hydrogen) atoms. The first-order valence-corrected chi connectivity index (χ1v) is 5.64. The van der Waals surface area contributed by atoms with Gasteiger partial charge >= 0.3 is 5.97 Å². The highest BCUT2D eigenvalue weighted by Crippen LogP contribution is 2.24. The SMILES string of the molecule is CCC(NCC(C)C(C)(C)C)C(=O)OC. The molecule has 0 fully saturated rings. The first-order chi connectivity index (χ1) is 6.82. The van der Waals surface area contributed by atoms with E-state index in [1.165, 1.54) is 7.11 Å². The first kappa shape index (κ1) is 14.4. The molecule has 0 aliphatic rings. The lowest BCUT2D eigenvalue weighted by Gasteiger charge is -2.28. The van der Waals surface area contributed by atoms with E-state index >= 15 is 0 Å². The summed E-state index contributed by atoms with van der Waals surface area (Å²) < 4.78 is 4.72. The Labute approximate surface area is 93.6 Å². The molecule has 0 amide bonds. The van der Waals surface area contributed by atoms with Crippen LogP contribution in [0.3, 0.4) is 0 Å². The molecule has 0 aromatic rings. The zero-order valence-electron chi connectivity index (χ0n) is 10.9. The highest BCUT2D eigenvalue weighted by atomic mass is 16.5. The van der Waals surface area contributed by atoms with E-state index in [2.05, 4.69) is 33.0 Å². The van der Waals surface area contributed by atoms with Crippen molar-refractivity contribution in [3.63, 3.8) is 0 Å². The van der Waals surface area contributed by atoms with E-state index in [1.54, 1.807) is 0 Å². The maximum Gasteiger partial charge on any atom is 0.322 e. The third kappa shape index (κ3) is 5.17. The van der Waals surface area contributed by atoms with Crippen molar-refractivity contribution in [3.05, 3.63) is 0 Å². The average molecular weight is 215 g/mol. The molecular weight excluding hydrogens is 190 g/mol. The maximum atomic E-state index is 11.3. The number of carbonyl (C=O) groups is 1. The van der Waals surface area contributed by atoms with Gasteiger partial charge in [0.1, 0.15) is 6.04 Å². The van der Waals surface area contributed by atoms with Crippen LogP contribution in [0.25, 0.3) is 0 Å². The van der Waals surface area contributed by atoms with E-state index in [9.17, 15) is 4.79 Å². The molecule has 1 N–H and O–H groups in total. The van der Waals surface area contributed by atoms with Crippen LogP contribution in [0.15, 0.2) is 0 Å². The minimum absolute atomic E-state index is 0.167. The van der Waals surface area contributed by atoms with Crippen LogP contribution in [0, 0.1) is 11.3 Å². The Morgan fingerprint density at radius 3 is 2.27 bits per heavy atom. The van der Waals surface area contributed by atoms with Gasteiger partial charge < -0.3 is 10.1 Å². The average Bonchev–Trinajstić information content (AvgIpc) is 2.16. The van der Waals surface area contributed by atoms with Crippen LogP contribution in [-0.4, -0.2) is 25.7 Å². The third-order valence-corrected chi connectivity index (χ3v) is 3.04. The van der Waals surface area contributed by atoms with Crippen molar-refractivity contribution in [1.82, 2.24) is 5.32 Å². The molecule has 0 spiro atoms. The molecule has 0 radical (unpaired) electrons. The summed E-state index contributed by atoms with van der Waals surface area (Å²) in [4.78, 5) is 11.3. The van der Waals surface area contributed by atoms with E-state index < -0.39 is 0 Å². The summed E-state index contributed by atoms with van der Waals surface area (Å²) in [5.74, 6) is 0.356. The minimum Gasteiger partial charge on any atom is -0.468 e. The van der Waals surface area contributed by atoms with Crippen LogP contribution >= 0.6 is 0 Å². The van der Waals surface area contributed by atoms with Crippen LogP contribution in [0.1, 0.15) is 41.0 Å². The van der Waals surface area contributed by atoms with Crippen molar-refractivity contribution < 1.29 is 9.53 Å².